The number of piperidine rings is 1. The largest absolute Gasteiger partial charge is 0.276 e. The molecule has 28 heavy (non-hydrogen) atoms. The number of hydrogen-bond donors (Lipinski definition) is 0. The lowest BCUT2D eigenvalue weighted by Crippen LogP contribution is -2.37. The van der Waals surface area contributed by atoms with Crippen molar-refractivity contribution in [2.75, 3.05) is 13.1 Å². The van der Waals surface area contributed by atoms with Crippen LogP contribution in [0.2, 0.25) is 5.02 Å². The van der Waals surface area contributed by atoms with Crippen LogP contribution in [0.3, 0.4) is 0 Å². The lowest BCUT2D eigenvalue weighted by molar-refractivity contribution is 0.319. The number of hydrogen-bond acceptors (Lipinski definition) is 4. The van der Waals surface area contributed by atoms with Crippen molar-refractivity contribution < 1.29 is 12.8 Å². The molecule has 1 saturated heterocycles. The van der Waals surface area contributed by atoms with E-state index in [2.05, 4.69) is 10.2 Å². The molecule has 0 N–H and O–H groups in total. The zero-order chi connectivity index (χ0) is 19.9. The number of nitrogens with zero attached hydrogens (tertiary/aromatic N) is 5. The van der Waals surface area contributed by atoms with Gasteiger partial charge in [0.25, 0.3) is 0 Å². The van der Waals surface area contributed by atoms with Crippen molar-refractivity contribution in [3.8, 4) is 5.69 Å². The van der Waals surface area contributed by atoms with Gasteiger partial charge < -0.3 is 0 Å². The summed E-state index contributed by atoms with van der Waals surface area (Å²) in [6.45, 7) is 0.866. The number of rotatable bonds is 4. The summed E-state index contributed by atoms with van der Waals surface area (Å²) in [7, 11) is -1.79. The first-order chi connectivity index (χ1) is 13.3. The highest BCUT2D eigenvalue weighted by atomic mass is 35.5. The summed E-state index contributed by atoms with van der Waals surface area (Å²) in [6, 6.07) is 4.20. The number of aryl methyl sites for hydroxylation is 1. The summed E-state index contributed by atoms with van der Waals surface area (Å²) in [6.07, 6.45) is 7.97. The average Bonchev–Trinajstić information content (AvgIpc) is 3.34. The van der Waals surface area contributed by atoms with Crippen molar-refractivity contribution in [3.05, 3.63) is 59.4 Å². The Morgan fingerprint density at radius 1 is 1.14 bits per heavy atom. The van der Waals surface area contributed by atoms with E-state index in [9.17, 15) is 12.8 Å². The van der Waals surface area contributed by atoms with E-state index in [0.29, 0.717) is 24.7 Å². The van der Waals surface area contributed by atoms with Crippen LogP contribution in [-0.2, 0) is 17.1 Å². The standard InChI is InChI=1S/C18H19ClFN5O2S/c1-23-11-14(9-21-23)13-4-6-24(7-5-13)28(26,27)16-10-22-25(12-16)15-2-3-17(19)18(20)8-15/h2-3,8-13H,4-7H2,1H3. The van der Waals surface area contributed by atoms with Crippen molar-refractivity contribution in [2.24, 2.45) is 7.05 Å². The quantitative estimate of drug-likeness (QED) is 0.646. The predicted molar refractivity (Wildman–Crippen MR) is 102 cm³/mol. The van der Waals surface area contributed by atoms with Crippen LogP contribution in [0, 0.1) is 5.82 Å². The van der Waals surface area contributed by atoms with Crippen molar-refractivity contribution >= 4 is 21.6 Å². The maximum Gasteiger partial charge on any atom is 0.246 e. The van der Waals surface area contributed by atoms with Crippen LogP contribution < -0.4 is 0 Å². The molecule has 0 unspecified atom stereocenters. The van der Waals surface area contributed by atoms with Crippen LogP contribution in [0.1, 0.15) is 24.3 Å². The van der Waals surface area contributed by atoms with E-state index in [0.717, 1.165) is 18.4 Å². The van der Waals surface area contributed by atoms with E-state index < -0.39 is 15.8 Å². The molecule has 1 aliphatic heterocycles. The Kier molecular flexibility index (Phi) is 4.98. The maximum atomic E-state index is 13.7. The molecule has 0 aliphatic carbocycles. The minimum Gasteiger partial charge on any atom is -0.276 e. The Morgan fingerprint density at radius 3 is 2.54 bits per heavy atom. The van der Waals surface area contributed by atoms with Gasteiger partial charge in [0.1, 0.15) is 10.7 Å². The van der Waals surface area contributed by atoms with Gasteiger partial charge in [0.05, 0.1) is 29.3 Å². The molecule has 0 bridgehead atoms. The maximum absolute atomic E-state index is 13.7. The topological polar surface area (TPSA) is 73.0 Å². The monoisotopic (exact) mass is 423 g/mol. The molecular formula is C18H19ClFN5O2S. The van der Waals surface area contributed by atoms with Crippen LogP contribution in [0.25, 0.3) is 5.69 Å². The van der Waals surface area contributed by atoms with Gasteiger partial charge in [-0.25, -0.2) is 17.5 Å². The first-order valence-electron chi connectivity index (χ1n) is 8.83. The van der Waals surface area contributed by atoms with Gasteiger partial charge in [-0.3, -0.25) is 4.68 Å². The van der Waals surface area contributed by atoms with Gasteiger partial charge in [-0.2, -0.15) is 14.5 Å². The zero-order valence-corrected chi connectivity index (χ0v) is 16.7. The van der Waals surface area contributed by atoms with Crippen LogP contribution >= 0.6 is 11.6 Å². The lowest BCUT2D eigenvalue weighted by Gasteiger charge is -2.30. The molecular weight excluding hydrogens is 405 g/mol. The molecule has 1 aromatic carbocycles. The minimum atomic E-state index is -3.66. The average molecular weight is 424 g/mol. The summed E-state index contributed by atoms with van der Waals surface area (Å²) in [5, 5.41) is 8.26. The van der Waals surface area contributed by atoms with Crippen molar-refractivity contribution in [1.29, 1.82) is 0 Å². The Balaban J connectivity index is 1.50. The van der Waals surface area contributed by atoms with Crippen molar-refractivity contribution in [1.82, 2.24) is 23.9 Å². The fourth-order valence-electron chi connectivity index (χ4n) is 3.44. The van der Waals surface area contributed by atoms with E-state index in [-0.39, 0.29) is 9.92 Å². The van der Waals surface area contributed by atoms with Crippen LogP contribution in [0.4, 0.5) is 4.39 Å². The third-order valence-corrected chi connectivity index (χ3v) is 7.17. The molecule has 0 atom stereocenters. The van der Waals surface area contributed by atoms with E-state index in [1.54, 1.807) is 10.7 Å². The van der Waals surface area contributed by atoms with Gasteiger partial charge >= 0.3 is 0 Å². The Hall–Kier alpha value is -2.23. The predicted octanol–water partition coefficient (Wildman–Crippen LogP) is 2.97. The van der Waals surface area contributed by atoms with Crippen LogP contribution in [0.5, 0.6) is 0 Å². The van der Waals surface area contributed by atoms with Gasteiger partial charge in [-0.05, 0) is 36.5 Å². The second-order valence-corrected chi connectivity index (χ2v) is 9.19. The summed E-state index contributed by atoms with van der Waals surface area (Å²) in [4.78, 5) is 0.0858. The normalized spacial score (nSPS) is 16.5. The molecule has 0 radical (unpaired) electrons. The fraction of sp³-hybridized carbons (Fsp3) is 0.333. The molecule has 1 fully saturated rings. The number of benzene rings is 1. The van der Waals surface area contributed by atoms with E-state index >= 15 is 0 Å². The third kappa shape index (κ3) is 3.57. The molecule has 2 aromatic heterocycles. The lowest BCUT2D eigenvalue weighted by atomic mass is 9.93. The molecule has 0 spiro atoms. The highest BCUT2D eigenvalue weighted by Crippen LogP contribution is 2.30. The Labute approximate surface area is 167 Å². The first kappa shape index (κ1) is 19.1. The van der Waals surface area contributed by atoms with Crippen LogP contribution in [-0.4, -0.2) is 45.4 Å². The van der Waals surface area contributed by atoms with Crippen LogP contribution in [0.15, 0.2) is 47.9 Å². The molecule has 3 heterocycles. The molecule has 1 aliphatic rings. The third-order valence-electron chi connectivity index (χ3n) is 5.01. The van der Waals surface area contributed by atoms with Gasteiger partial charge in [-0.15, -0.1) is 0 Å². The Bertz CT molecular complexity index is 1100. The summed E-state index contributed by atoms with van der Waals surface area (Å²) >= 11 is 5.69. The molecule has 7 nitrogen and oxygen atoms in total. The molecule has 4 rings (SSSR count). The molecule has 0 amide bonds. The van der Waals surface area contributed by atoms with E-state index in [4.69, 9.17) is 11.6 Å². The fourth-order valence-corrected chi connectivity index (χ4v) is 4.96. The summed E-state index contributed by atoms with van der Waals surface area (Å²) < 4.78 is 44.2. The second-order valence-electron chi connectivity index (χ2n) is 6.84. The zero-order valence-electron chi connectivity index (χ0n) is 15.2. The summed E-state index contributed by atoms with van der Waals surface area (Å²) in [5.74, 6) is -0.281. The van der Waals surface area contributed by atoms with E-state index in [1.165, 1.54) is 33.5 Å². The molecule has 148 valence electrons. The van der Waals surface area contributed by atoms with Gasteiger partial charge in [0.15, 0.2) is 0 Å². The summed E-state index contributed by atoms with van der Waals surface area (Å²) in [5.41, 5.74) is 1.54. The SMILES string of the molecule is Cn1cc(C2CCN(S(=O)(=O)c3cnn(-c4ccc(Cl)c(F)c4)c3)CC2)cn1. The molecule has 10 heteroatoms. The van der Waals surface area contributed by atoms with Gasteiger partial charge in [-0.1, -0.05) is 11.6 Å². The van der Waals surface area contributed by atoms with Gasteiger partial charge in [0, 0.05) is 32.4 Å². The molecule has 0 saturated carbocycles. The van der Waals surface area contributed by atoms with Crippen molar-refractivity contribution in [2.45, 2.75) is 23.7 Å². The molecule has 3 aromatic rings. The highest BCUT2D eigenvalue weighted by Gasteiger charge is 2.31. The smallest absolute Gasteiger partial charge is 0.246 e. The first-order valence-corrected chi connectivity index (χ1v) is 10.7. The highest BCUT2D eigenvalue weighted by molar-refractivity contribution is 7.89. The number of aromatic nitrogens is 4. The minimum absolute atomic E-state index is 0.000220. The Morgan fingerprint density at radius 2 is 1.89 bits per heavy atom. The van der Waals surface area contributed by atoms with E-state index in [1.807, 2.05) is 19.4 Å². The van der Waals surface area contributed by atoms with Gasteiger partial charge in [0.2, 0.25) is 10.0 Å². The number of halogens is 2. The van der Waals surface area contributed by atoms with Crippen molar-refractivity contribution in [3.63, 3.8) is 0 Å². The second kappa shape index (κ2) is 7.31. The number of sulfonamides is 1.